The van der Waals surface area contributed by atoms with Gasteiger partial charge in [-0.15, -0.1) is 0 Å². The Balaban J connectivity index is 2.03. The Kier molecular flexibility index (Phi) is 4.21. The van der Waals surface area contributed by atoms with Crippen LogP contribution in [0.1, 0.15) is 55.0 Å². The number of nitrogens with one attached hydrogen (secondary N) is 1. The van der Waals surface area contributed by atoms with E-state index in [1.54, 1.807) is 7.11 Å². The van der Waals surface area contributed by atoms with Crippen LogP contribution in [0.2, 0.25) is 0 Å². The highest BCUT2D eigenvalue weighted by atomic mass is 16.5. The van der Waals surface area contributed by atoms with E-state index < -0.39 is 0 Å². The first-order chi connectivity index (χ1) is 10.6. The Morgan fingerprint density at radius 1 is 1.09 bits per heavy atom. The molecule has 0 saturated carbocycles. The van der Waals surface area contributed by atoms with E-state index >= 15 is 0 Å². The van der Waals surface area contributed by atoms with Gasteiger partial charge in [-0.05, 0) is 53.6 Å². The molecule has 2 unspecified atom stereocenters. The maximum Gasteiger partial charge on any atom is 0.118 e. The van der Waals surface area contributed by atoms with Crippen LogP contribution < -0.4 is 10.1 Å². The largest absolute Gasteiger partial charge is 0.497 e. The molecule has 1 N–H and O–H groups in total. The second-order valence-corrected chi connectivity index (χ2v) is 6.59. The van der Waals surface area contributed by atoms with Crippen molar-refractivity contribution in [2.75, 3.05) is 7.11 Å². The predicted octanol–water partition coefficient (Wildman–Crippen LogP) is 4.44. The quantitative estimate of drug-likeness (QED) is 0.903. The average Bonchev–Trinajstić information content (AvgIpc) is 2.53. The second-order valence-electron chi connectivity index (χ2n) is 6.59. The van der Waals surface area contributed by atoms with E-state index in [2.05, 4.69) is 56.4 Å². The number of hydrogen-bond donors (Lipinski definition) is 1. The predicted molar refractivity (Wildman–Crippen MR) is 91.7 cm³/mol. The lowest BCUT2D eigenvalue weighted by Gasteiger charge is -2.32. The van der Waals surface area contributed by atoms with Crippen LogP contribution in [-0.4, -0.2) is 13.2 Å². The highest BCUT2D eigenvalue weighted by molar-refractivity contribution is 5.44. The van der Waals surface area contributed by atoms with Gasteiger partial charge < -0.3 is 10.1 Å². The number of hydrogen-bond acceptors (Lipinski definition) is 2. The topological polar surface area (TPSA) is 21.3 Å². The molecule has 22 heavy (non-hydrogen) atoms. The van der Waals surface area contributed by atoms with Crippen molar-refractivity contribution in [3.8, 4) is 5.75 Å². The molecule has 1 aliphatic rings. The van der Waals surface area contributed by atoms with Crippen LogP contribution in [0.4, 0.5) is 0 Å². The second kappa shape index (κ2) is 6.13. The smallest absolute Gasteiger partial charge is 0.118 e. The maximum absolute atomic E-state index is 5.28. The Morgan fingerprint density at radius 3 is 2.45 bits per heavy atom. The Labute approximate surface area is 133 Å². The third-order valence-corrected chi connectivity index (χ3v) is 4.57. The van der Waals surface area contributed by atoms with Gasteiger partial charge in [-0.1, -0.05) is 44.2 Å². The first-order valence-electron chi connectivity index (χ1n) is 8.11. The standard InChI is InChI=1S/C20H25NO/c1-13(2)16-5-6-17-11-14(3)21-20(19(17)12-16)15-7-9-18(22-4)10-8-15/h5-10,12-14,20-21H,11H2,1-4H3. The summed E-state index contributed by atoms with van der Waals surface area (Å²) in [5, 5.41) is 3.75. The van der Waals surface area contributed by atoms with Gasteiger partial charge in [0.25, 0.3) is 0 Å². The van der Waals surface area contributed by atoms with Crippen LogP contribution in [0.5, 0.6) is 5.75 Å². The highest BCUT2D eigenvalue weighted by Gasteiger charge is 2.25. The molecule has 0 aliphatic carbocycles. The maximum atomic E-state index is 5.28. The van der Waals surface area contributed by atoms with Crippen molar-refractivity contribution in [1.82, 2.24) is 5.32 Å². The van der Waals surface area contributed by atoms with E-state index in [4.69, 9.17) is 4.74 Å². The number of benzene rings is 2. The normalized spacial score (nSPS) is 20.8. The summed E-state index contributed by atoms with van der Waals surface area (Å²) in [5.74, 6) is 1.46. The monoisotopic (exact) mass is 295 g/mol. The lowest BCUT2D eigenvalue weighted by molar-refractivity contribution is 0.414. The molecule has 2 nitrogen and oxygen atoms in total. The summed E-state index contributed by atoms with van der Waals surface area (Å²) in [5.41, 5.74) is 5.61. The molecule has 2 aromatic rings. The van der Waals surface area contributed by atoms with Crippen LogP contribution >= 0.6 is 0 Å². The molecular formula is C20H25NO. The third-order valence-electron chi connectivity index (χ3n) is 4.57. The van der Waals surface area contributed by atoms with Crippen molar-refractivity contribution in [2.45, 2.75) is 45.2 Å². The molecule has 2 atom stereocenters. The number of ether oxygens (including phenoxy) is 1. The summed E-state index contributed by atoms with van der Waals surface area (Å²) >= 11 is 0. The van der Waals surface area contributed by atoms with Gasteiger partial charge in [-0.3, -0.25) is 0 Å². The SMILES string of the molecule is COc1ccc(C2NC(C)Cc3ccc(C(C)C)cc32)cc1. The molecule has 3 rings (SSSR count). The number of rotatable bonds is 3. The molecule has 116 valence electrons. The average molecular weight is 295 g/mol. The lowest BCUT2D eigenvalue weighted by atomic mass is 9.84. The Morgan fingerprint density at radius 2 is 1.82 bits per heavy atom. The van der Waals surface area contributed by atoms with Gasteiger partial charge in [0.05, 0.1) is 13.2 Å². The molecular weight excluding hydrogens is 270 g/mol. The first kappa shape index (κ1) is 15.1. The summed E-state index contributed by atoms with van der Waals surface area (Å²) in [6.07, 6.45) is 1.10. The molecule has 1 heterocycles. The molecule has 0 bridgehead atoms. The molecule has 0 amide bonds. The molecule has 0 aromatic heterocycles. The summed E-state index contributed by atoms with van der Waals surface area (Å²) in [6, 6.07) is 16.2. The van der Waals surface area contributed by atoms with E-state index in [-0.39, 0.29) is 6.04 Å². The summed E-state index contributed by atoms with van der Waals surface area (Å²) < 4.78 is 5.28. The molecule has 0 radical (unpaired) electrons. The minimum Gasteiger partial charge on any atom is -0.497 e. The van der Waals surface area contributed by atoms with Crippen molar-refractivity contribution in [2.24, 2.45) is 0 Å². The highest BCUT2D eigenvalue weighted by Crippen LogP contribution is 2.33. The molecule has 0 fully saturated rings. The zero-order valence-corrected chi connectivity index (χ0v) is 13.9. The fraction of sp³-hybridized carbons (Fsp3) is 0.400. The van der Waals surface area contributed by atoms with Crippen LogP contribution in [-0.2, 0) is 6.42 Å². The van der Waals surface area contributed by atoms with E-state index in [0.717, 1.165) is 12.2 Å². The number of methoxy groups -OCH3 is 1. The summed E-state index contributed by atoms with van der Waals surface area (Å²) in [6.45, 7) is 6.77. The fourth-order valence-corrected chi connectivity index (χ4v) is 3.26. The molecule has 0 spiro atoms. The summed E-state index contributed by atoms with van der Waals surface area (Å²) in [4.78, 5) is 0. The zero-order valence-electron chi connectivity index (χ0n) is 13.9. The van der Waals surface area contributed by atoms with Crippen LogP contribution in [0.25, 0.3) is 0 Å². The minimum absolute atomic E-state index is 0.267. The molecule has 2 heteroatoms. The minimum atomic E-state index is 0.267. The van der Waals surface area contributed by atoms with Gasteiger partial charge >= 0.3 is 0 Å². The first-order valence-corrected chi connectivity index (χ1v) is 8.11. The van der Waals surface area contributed by atoms with Crippen molar-refractivity contribution < 1.29 is 4.74 Å². The third kappa shape index (κ3) is 2.89. The van der Waals surface area contributed by atoms with Gasteiger partial charge in [-0.25, -0.2) is 0 Å². The van der Waals surface area contributed by atoms with E-state index in [9.17, 15) is 0 Å². The lowest BCUT2D eigenvalue weighted by Crippen LogP contribution is -2.38. The molecule has 0 saturated heterocycles. The van der Waals surface area contributed by atoms with Crippen LogP contribution in [0.15, 0.2) is 42.5 Å². The van der Waals surface area contributed by atoms with Crippen molar-refractivity contribution in [3.63, 3.8) is 0 Å². The van der Waals surface area contributed by atoms with E-state index in [0.29, 0.717) is 12.0 Å². The summed E-state index contributed by atoms with van der Waals surface area (Å²) in [7, 11) is 1.71. The zero-order chi connectivity index (χ0) is 15.7. The Bertz CT molecular complexity index is 645. The van der Waals surface area contributed by atoms with Gasteiger partial charge in [0.15, 0.2) is 0 Å². The van der Waals surface area contributed by atoms with Gasteiger partial charge in [0, 0.05) is 6.04 Å². The van der Waals surface area contributed by atoms with Crippen molar-refractivity contribution in [3.05, 3.63) is 64.7 Å². The molecule has 1 aliphatic heterocycles. The van der Waals surface area contributed by atoms with E-state index in [1.807, 2.05) is 12.1 Å². The number of fused-ring (bicyclic) bond motifs is 1. The van der Waals surface area contributed by atoms with Gasteiger partial charge in [0.1, 0.15) is 5.75 Å². The Hall–Kier alpha value is -1.80. The van der Waals surface area contributed by atoms with E-state index in [1.165, 1.54) is 22.3 Å². The molecule has 2 aromatic carbocycles. The van der Waals surface area contributed by atoms with Crippen molar-refractivity contribution >= 4 is 0 Å². The van der Waals surface area contributed by atoms with Crippen LogP contribution in [0, 0.1) is 0 Å². The fourth-order valence-electron chi connectivity index (χ4n) is 3.26. The van der Waals surface area contributed by atoms with Crippen molar-refractivity contribution in [1.29, 1.82) is 0 Å². The van der Waals surface area contributed by atoms with Crippen LogP contribution in [0.3, 0.4) is 0 Å². The van der Waals surface area contributed by atoms with Gasteiger partial charge in [-0.2, -0.15) is 0 Å². The van der Waals surface area contributed by atoms with Gasteiger partial charge in [0.2, 0.25) is 0 Å².